The van der Waals surface area contributed by atoms with Crippen LogP contribution in [0.4, 0.5) is 9.59 Å². The van der Waals surface area contributed by atoms with Crippen molar-refractivity contribution in [2.75, 3.05) is 40.4 Å². The van der Waals surface area contributed by atoms with E-state index in [1.807, 2.05) is 55.7 Å². The first-order chi connectivity index (χ1) is 27.4. The number of amidine groups is 2. The molecule has 2 aromatic carbocycles. The number of hydrogen-bond donors (Lipinski definition) is 4. The van der Waals surface area contributed by atoms with Crippen molar-refractivity contribution in [2.45, 2.75) is 96.1 Å². The van der Waals surface area contributed by atoms with Gasteiger partial charge in [0, 0.05) is 30.1 Å². The Labute approximate surface area is 338 Å². The molecule has 4 amide bonds. The predicted molar refractivity (Wildman–Crippen MR) is 215 cm³/mol. The topological polar surface area (TPSA) is 175 Å². The molecule has 0 radical (unpaired) electrons. The van der Waals surface area contributed by atoms with Crippen LogP contribution in [0.5, 0.6) is 11.5 Å². The Kier molecular flexibility index (Phi) is 11.8. The van der Waals surface area contributed by atoms with E-state index in [9.17, 15) is 19.2 Å². The van der Waals surface area contributed by atoms with Gasteiger partial charge < -0.3 is 45.3 Å². The second-order valence-electron chi connectivity index (χ2n) is 16.1. The molecule has 5 aliphatic rings. The molecule has 0 saturated carbocycles. The lowest BCUT2D eigenvalue weighted by Crippen LogP contribution is -2.54. The maximum absolute atomic E-state index is 13.6. The Morgan fingerprint density at radius 3 is 1.84 bits per heavy atom. The molecule has 5 aliphatic heterocycles. The van der Waals surface area contributed by atoms with Crippen molar-refractivity contribution in [3.63, 3.8) is 0 Å². The van der Waals surface area contributed by atoms with E-state index in [0.717, 1.165) is 71.1 Å². The van der Waals surface area contributed by atoms with Crippen molar-refractivity contribution >= 4 is 47.3 Å². The molecule has 2 saturated heterocycles. The molecule has 7 rings (SSSR count). The minimum absolute atomic E-state index is 0.0570. The van der Waals surface area contributed by atoms with Crippen LogP contribution in [0.3, 0.4) is 0 Å². The Hall–Kier alpha value is -5.05. The molecule has 0 aromatic heterocycles. The van der Waals surface area contributed by atoms with Gasteiger partial charge in [0.2, 0.25) is 11.8 Å². The van der Waals surface area contributed by atoms with E-state index in [4.69, 9.17) is 35.8 Å². The number of likely N-dealkylation sites (tertiary alicyclic amines) is 2. The van der Waals surface area contributed by atoms with Crippen molar-refractivity contribution < 1.29 is 33.4 Å². The molecular weight excluding hydrogens is 752 g/mol. The number of fused-ring (bicyclic) bond motifs is 2. The van der Waals surface area contributed by atoms with Crippen LogP contribution in [-0.4, -0.2) is 110 Å². The molecule has 5 heterocycles. The maximum Gasteiger partial charge on any atom is 0.407 e. The highest BCUT2D eigenvalue weighted by Crippen LogP contribution is 2.42. The molecule has 2 aromatic rings. The van der Waals surface area contributed by atoms with Gasteiger partial charge in [0.15, 0.2) is 0 Å². The quantitative estimate of drug-likeness (QED) is 0.223. The molecule has 57 heavy (non-hydrogen) atoms. The summed E-state index contributed by atoms with van der Waals surface area (Å²) in [4.78, 5) is 64.6. The summed E-state index contributed by atoms with van der Waals surface area (Å²) in [5, 5.41) is 13.2. The summed E-state index contributed by atoms with van der Waals surface area (Å²) in [7, 11) is 2.58. The zero-order valence-corrected chi connectivity index (χ0v) is 34.2. The highest BCUT2D eigenvalue weighted by Gasteiger charge is 2.41. The zero-order valence-electron chi connectivity index (χ0n) is 33.4. The van der Waals surface area contributed by atoms with Crippen LogP contribution in [0, 0.1) is 11.8 Å². The van der Waals surface area contributed by atoms with E-state index < -0.39 is 24.3 Å². The number of nitrogens with zero attached hydrogens (tertiary/aromatic N) is 4. The maximum atomic E-state index is 13.6. The number of carbonyl (C=O) groups is 4. The number of carbonyl (C=O) groups excluding carboxylic acids is 4. The molecule has 0 bridgehead atoms. The smallest absolute Gasteiger partial charge is 0.407 e. The van der Waals surface area contributed by atoms with Gasteiger partial charge in [0.05, 0.1) is 51.5 Å². The second kappa shape index (κ2) is 16.8. The number of aliphatic imine (C=N–C) groups is 2. The third-order valence-electron chi connectivity index (χ3n) is 11.7. The molecule has 0 aliphatic carbocycles. The van der Waals surface area contributed by atoms with Crippen LogP contribution in [0.25, 0.3) is 0 Å². The zero-order chi connectivity index (χ0) is 40.5. The average Bonchev–Trinajstić information content (AvgIpc) is 4.03. The number of alkyl carbamates (subject to hydrolysis) is 2. The number of methoxy groups -OCH3 is 2. The lowest BCUT2D eigenvalue weighted by Gasteiger charge is -2.31. The highest BCUT2D eigenvalue weighted by molar-refractivity contribution is 6.31. The van der Waals surface area contributed by atoms with E-state index >= 15 is 0 Å². The van der Waals surface area contributed by atoms with Crippen molar-refractivity contribution in [2.24, 2.45) is 21.8 Å². The van der Waals surface area contributed by atoms with Gasteiger partial charge in [-0.05, 0) is 78.5 Å². The first kappa shape index (κ1) is 40.2. The van der Waals surface area contributed by atoms with Gasteiger partial charge in [-0.25, -0.2) is 9.59 Å². The van der Waals surface area contributed by atoms with Crippen LogP contribution in [-0.2, 0) is 25.5 Å². The SMILES string of the molecule is COC(=O)N[C@H](C(=O)N1CCC[C@H]1C1=NCC(c2ccc3c(c2)Cc2cc(Cl)c(C4CN=C([C@@H]5CCCN5C(=O)[C@@H](NC(=O)OC)C(C)C)N4)cc2O3)N1)C(C)C. The fourth-order valence-electron chi connectivity index (χ4n) is 8.56. The Morgan fingerprint density at radius 1 is 0.772 bits per heavy atom. The summed E-state index contributed by atoms with van der Waals surface area (Å²) in [5.74, 6) is 2.55. The summed E-state index contributed by atoms with van der Waals surface area (Å²) in [6, 6.07) is 8.13. The third-order valence-corrected chi connectivity index (χ3v) is 12.0. The summed E-state index contributed by atoms with van der Waals surface area (Å²) in [5.41, 5.74) is 3.97. The molecule has 15 nitrogen and oxygen atoms in total. The van der Waals surface area contributed by atoms with Gasteiger partial charge >= 0.3 is 12.2 Å². The van der Waals surface area contributed by atoms with E-state index in [0.29, 0.717) is 37.6 Å². The average molecular weight is 805 g/mol. The number of hydrogen-bond acceptors (Lipinski definition) is 11. The molecule has 306 valence electrons. The number of amides is 4. The lowest BCUT2D eigenvalue weighted by atomic mass is 9.94. The van der Waals surface area contributed by atoms with Gasteiger partial charge in [-0.3, -0.25) is 19.6 Å². The number of rotatable bonds is 10. The van der Waals surface area contributed by atoms with Crippen molar-refractivity contribution in [1.82, 2.24) is 31.1 Å². The number of benzene rings is 2. The minimum atomic E-state index is -0.704. The second-order valence-corrected chi connectivity index (χ2v) is 16.5. The van der Waals surface area contributed by atoms with Crippen LogP contribution in [0.2, 0.25) is 5.02 Å². The number of ether oxygens (including phenoxy) is 3. The molecule has 0 spiro atoms. The van der Waals surface area contributed by atoms with Crippen LogP contribution >= 0.6 is 11.6 Å². The van der Waals surface area contributed by atoms with Gasteiger partial charge in [-0.15, -0.1) is 0 Å². The molecule has 4 N–H and O–H groups in total. The monoisotopic (exact) mass is 804 g/mol. The van der Waals surface area contributed by atoms with E-state index in [-0.39, 0.29) is 47.8 Å². The summed E-state index contributed by atoms with van der Waals surface area (Å²) < 4.78 is 16.0. The Bertz CT molecular complexity index is 1970. The van der Waals surface area contributed by atoms with Crippen LogP contribution in [0.1, 0.15) is 87.7 Å². The van der Waals surface area contributed by atoms with Gasteiger partial charge in [-0.1, -0.05) is 45.4 Å². The molecular formula is C41H53ClN8O7. The van der Waals surface area contributed by atoms with Crippen molar-refractivity contribution in [1.29, 1.82) is 0 Å². The van der Waals surface area contributed by atoms with E-state index in [1.54, 1.807) is 0 Å². The normalized spacial score (nSPS) is 23.4. The van der Waals surface area contributed by atoms with Crippen LogP contribution < -0.4 is 26.0 Å². The third kappa shape index (κ3) is 8.21. The summed E-state index contributed by atoms with van der Waals surface area (Å²) in [6.07, 6.45) is 2.64. The number of nitrogens with one attached hydrogen (secondary N) is 4. The standard InChI is InChI=1S/C41H53ClN8O7/c1-21(2)34(47-40(53)55-5)38(51)49-13-7-9-30(49)36-43-19-28(45-36)23-11-12-32-24(15-23)16-25-17-27(42)26(18-33(25)57-32)29-20-44-37(46-29)31-10-8-14-50(31)39(52)35(22(3)4)48-41(54)56-6/h11-12,15,17-18,21-22,28-31,34-35H,7-10,13-14,16,19-20H2,1-6H3,(H,43,45)(H,44,46)(H,47,53)(H,48,54)/t28?,29?,30-,31-,34-,35-/m0/s1. The van der Waals surface area contributed by atoms with E-state index in [2.05, 4.69) is 33.4 Å². The summed E-state index contributed by atoms with van der Waals surface area (Å²) in [6.45, 7) is 9.79. The van der Waals surface area contributed by atoms with Crippen LogP contribution in [0.15, 0.2) is 40.3 Å². The first-order valence-corrected chi connectivity index (χ1v) is 20.3. The molecule has 16 heteroatoms. The lowest BCUT2D eigenvalue weighted by molar-refractivity contribution is -0.135. The Balaban J connectivity index is 0.987. The largest absolute Gasteiger partial charge is 0.457 e. The van der Waals surface area contributed by atoms with E-state index in [1.165, 1.54) is 14.2 Å². The number of halogens is 1. The molecule has 2 unspecified atom stereocenters. The highest BCUT2D eigenvalue weighted by atomic mass is 35.5. The van der Waals surface area contributed by atoms with Crippen molar-refractivity contribution in [3.05, 3.63) is 57.6 Å². The predicted octanol–water partition coefficient (Wildman–Crippen LogP) is 4.87. The van der Waals surface area contributed by atoms with Gasteiger partial charge in [-0.2, -0.15) is 0 Å². The molecule has 6 atom stereocenters. The minimum Gasteiger partial charge on any atom is -0.457 e. The fraction of sp³-hybridized carbons (Fsp3) is 0.561. The van der Waals surface area contributed by atoms with Gasteiger partial charge in [0.25, 0.3) is 0 Å². The Morgan fingerprint density at radius 2 is 1.30 bits per heavy atom. The first-order valence-electron chi connectivity index (χ1n) is 19.9. The summed E-state index contributed by atoms with van der Waals surface area (Å²) >= 11 is 6.97. The molecule has 2 fully saturated rings. The van der Waals surface area contributed by atoms with Crippen molar-refractivity contribution in [3.8, 4) is 11.5 Å². The fourth-order valence-corrected chi connectivity index (χ4v) is 8.88. The van der Waals surface area contributed by atoms with Gasteiger partial charge in [0.1, 0.15) is 35.3 Å².